The van der Waals surface area contributed by atoms with E-state index >= 15 is 0 Å². The molecule has 0 aromatic heterocycles. The number of hydrogen-bond acceptors (Lipinski definition) is 6. The summed E-state index contributed by atoms with van der Waals surface area (Å²) in [5, 5.41) is 0. The number of benzene rings is 1. The van der Waals surface area contributed by atoms with Gasteiger partial charge in [-0.3, -0.25) is 14.6 Å². The number of carbonyl (C=O) groups excluding carboxylic acids is 1. The molecule has 7 heteroatoms. The zero-order chi connectivity index (χ0) is 20.4. The van der Waals surface area contributed by atoms with Gasteiger partial charge < -0.3 is 9.64 Å². The third-order valence-corrected chi connectivity index (χ3v) is 6.82. The smallest absolute Gasteiger partial charge is 0.266 e. The SMILES string of the molecule is CCN1C(=CC(C)=C2SC(=S)N(CCCN3CC=CC3)C2=O)Oc2ccccc21. The van der Waals surface area contributed by atoms with Crippen molar-refractivity contribution in [2.45, 2.75) is 20.3 Å². The summed E-state index contributed by atoms with van der Waals surface area (Å²) in [4.78, 5) is 19.9. The van der Waals surface area contributed by atoms with Crippen molar-refractivity contribution in [3.05, 3.63) is 58.9 Å². The fraction of sp³-hybridized carbons (Fsp3) is 0.364. The molecule has 0 atom stereocenters. The number of allylic oxidation sites excluding steroid dienone is 2. The van der Waals surface area contributed by atoms with Gasteiger partial charge in [0.25, 0.3) is 5.91 Å². The van der Waals surface area contributed by atoms with Crippen LogP contribution in [0.1, 0.15) is 20.3 Å². The molecule has 3 heterocycles. The van der Waals surface area contributed by atoms with Crippen molar-refractivity contribution in [3.8, 4) is 5.75 Å². The van der Waals surface area contributed by atoms with Crippen molar-refractivity contribution in [1.82, 2.24) is 9.80 Å². The molecular weight excluding hydrogens is 402 g/mol. The lowest BCUT2D eigenvalue weighted by atomic mass is 10.2. The maximum absolute atomic E-state index is 13.0. The van der Waals surface area contributed by atoms with Crippen LogP contribution in [-0.4, -0.2) is 52.8 Å². The van der Waals surface area contributed by atoms with Crippen LogP contribution >= 0.6 is 24.0 Å². The molecule has 0 aliphatic carbocycles. The molecular formula is C22H25N3O2S2. The molecule has 0 saturated carbocycles. The number of thioether (sulfide) groups is 1. The molecule has 0 spiro atoms. The molecule has 29 heavy (non-hydrogen) atoms. The first-order valence-corrected chi connectivity index (χ1v) is 11.2. The topological polar surface area (TPSA) is 36.0 Å². The molecule has 0 unspecified atom stereocenters. The second kappa shape index (κ2) is 8.73. The Morgan fingerprint density at radius 1 is 1.21 bits per heavy atom. The molecule has 1 amide bonds. The monoisotopic (exact) mass is 427 g/mol. The van der Waals surface area contributed by atoms with E-state index in [0.717, 1.165) is 55.5 Å². The van der Waals surface area contributed by atoms with Crippen LogP contribution in [0.3, 0.4) is 0 Å². The summed E-state index contributed by atoms with van der Waals surface area (Å²) in [5.74, 6) is 1.60. The number of thiocarbonyl (C=S) groups is 1. The average molecular weight is 428 g/mol. The van der Waals surface area contributed by atoms with E-state index in [-0.39, 0.29) is 5.91 Å². The molecule has 4 rings (SSSR count). The highest BCUT2D eigenvalue weighted by atomic mass is 32.2. The Morgan fingerprint density at radius 3 is 2.72 bits per heavy atom. The average Bonchev–Trinajstić information content (AvgIpc) is 3.41. The highest BCUT2D eigenvalue weighted by Crippen LogP contribution is 2.40. The number of hydrogen-bond donors (Lipinski definition) is 0. The van der Waals surface area contributed by atoms with Crippen LogP contribution < -0.4 is 9.64 Å². The van der Waals surface area contributed by atoms with Crippen molar-refractivity contribution in [3.63, 3.8) is 0 Å². The van der Waals surface area contributed by atoms with Gasteiger partial charge in [-0.15, -0.1) is 0 Å². The first kappa shape index (κ1) is 20.2. The maximum atomic E-state index is 13.0. The molecule has 5 nitrogen and oxygen atoms in total. The van der Waals surface area contributed by atoms with Gasteiger partial charge in [-0.25, -0.2) is 0 Å². The standard InChI is InChI=1S/C22H25N3O2S2/c1-3-24-17-9-4-5-10-18(17)27-19(24)15-16(2)20-21(26)25(22(28)29-20)14-8-13-23-11-6-7-12-23/h4-7,9-10,15H,3,8,11-14H2,1-2H3. The summed E-state index contributed by atoms with van der Waals surface area (Å²) in [6.07, 6.45) is 7.24. The van der Waals surface area contributed by atoms with Gasteiger partial charge in [-0.05, 0) is 38.0 Å². The molecule has 1 fully saturated rings. The van der Waals surface area contributed by atoms with Crippen molar-refractivity contribution in [1.29, 1.82) is 0 Å². The molecule has 0 N–H and O–H groups in total. The third-order valence-electron chi connectivity index (χ3n) is 5.25. The first-order chi connectivity index (χ1) is 14.1. The van der Waals surface area contributed by atoms with E-state index in [9.17, 15) is 4.79 Å². The molecule has 152 valence electrons. The number of anilines is 1. The largest absolute Gasteiger partial charge is 0.439 e. The van der Waals surface area contributed by atoms with Crippen LogP contribution in [-0.2, 0) is 4.79 Å². The van der Waals surface area contributed by atoms with Crippen molar-refractivity contribution in [2.75, 3.05) is 37.6 Å². The van der Waals surface area contributed by atoms with Gasteiger partial charge >= 0.3 is 0 Å². The fourth-order valence-corrected chi connectivity index (χ4v) is 5.03. The maximum Gasteiger partial charge on any atom is 0.266 e. The summed E-state index contributed by atoms with van der Waals surface area (Å²) in [6.45, 7) is 8.48. The molecule has 1 aromatic rings. The van der Waals surface area contributed by atoms with Gasteiger partial charge in [0.2, 0.25) is 5.88 Å². The molecule has 1 saturated heterocycles. The Hall–Kier alpha value is -2.09. The normalized spacial score (nSPS) is 22.1. The molecule has 3 aliphatic heterocycles. The fourth-order valence-electron chi connectivity index (χ4n) is 3.73. The van der Waals surface area contributed by atoms with Crippen LogP contribution in [0, 0.1) is 0 Å². The van der Waals surface area contributed by atoms with E-state index in [1.807, 2.05) is 37.3 Å². The van der Waals surface area contributed by atoms with Gasteiger partial charge in [0.15, 0.2) is 5.75 Å². The second-order valence-corrected chi connectivity index (χ2v) is 8.86. The van der Waals surface area contributed by atoms with Gasteiger partial charge in [0.1, 0.15) is 4.32 Å². The number of carbonyl (C=O) groups is 1. The van der Waals surface area contributed by atoms with Gasteiger partial charge in [0.05, 0.1) is 10.6 Å². The zero-order valence-electron chi connectivity index (χ0n) is 16.8. The van der Waals surface area contributed by atoms with Crippen LogP contribution in [0.2, 0.25) is 0 Å². The predicted molar refractivity (Wildman–Crippen MR) is 123 cm³/mol. The minimum absolute atomic E-state index is 0.00690. The minimum atomic E-state index is 0.00690. The highest BCUT2D eigenvalue weighted by Gasteiger charge is 2.33. The van der Waals surface area contributed by atoms with Crippen LogP contribution in [0.25, 0.3) is 0 Å². The lowest BCUT2D eigenvalue weighted by Crippen LogP contribution is -2.32. The van der Waals surface area contributed by atoms with Crippen LogP contribution in [0.15, 0.2) is 58.9 Å². The minimum Gasteiger partial charge on any atom is -0.439 e. The van der Waals surface area contributed by atoms with E-state index in [0.29, 0.717) is 15.8 Å². The number of rotatable bonds is 6. The molecule has 1 aromatic carbocycles. The van der Waals surface area contributed by atoms with Gasteiger partial charge in [-0.1, -0.05) is 48.3 Å². The van der Waals surface area contributed by atoms with Gasteiger partial charge in [0, 0.05) is 38.8 Å². The van der Waals surface area contributed by atoms with Crippen LogP contribution in [0.4, 0.5) is 5.69 Å². The van der Waals surface area contributed by atoms with E-state index in [2.05, 4.69) is 28.9 Å². The Bertz CT molecular complexity index is 914. The summed E-state index contributed by atoms with van der Waals surface area (Å²) >= 11 is 6.88. The van der Waals surface area contributed by atoms with Crippen molar-refractivity contribution in [2.24, 2.45) is 0 Å². The van der Waals surface area contributed by atoms with Gasteiger partial charge in [-0.2, -0.15) is 0 Å². The Morgan fingerprint density at radius 2 is 1.97 bits per heavy atom. The quantitative estimate of drug-likeness (QED) is 0.386. The second-order valence-electron chi connectivity index (χ2n) is 7.22. The number of ether oxygens (including phenoxy) is 1. The van der Waals surface area contributed by atoms with Crippen molar-refractivity contribution < 1.29 is 9.53 Å². The highest BCUT2D eigenvalue weighted by molar-refractivity contribution is 8.26. The lowest BCUT2D eigenvalue weighted by Gasteiger charge is -2.18. The van der Waals surface area contributed by atoms with Crippen molar-refractivity contribution >= 4 is 39.9 Å². The number of nitrogens with zero attached hydrogens (tertiary/aromatic N) is 3. The Balaban J connectivity index is 1.46. The van der Waals surface area contributed by atoms with E-state index in [1.54, 1.807) is 4.90 Å². The summed E-state index contributed by atoms with van der Waals surface area (Å²) in [6, 6.07) is 7.98. The Labute approximate surface area is 181 Å². The van der Waals surface area contributed by atoms with E-state index < -0.39 is 0 Å². The van der Waals surface area contributed by atoms with Crippen LogP contribution in [0.5, 0.6) is 5.75 Å². The zero-order valence-corrected chi connectivity index (χ0v) is 18.4. The lowest BCUT2D eigenvalue weighted by molar-refractivity contribution is -0.122. The number of fused-ring (bicyclic) bond motifs is 1. The predicted octanol–water partition coefficient (Wildman–Crippen LogP) is 4.14. The number of amides is 1. The summed E-state index contributed by atoms with van der Waals surface area (Å²) < 4.78 is 6.67. The van der Waals surface area contributed by atoms with E-state index in [4.69, 9.17) is 17.0 Å². The molecule has 0 bridgehead atoms. The summed E-state index contributed by atoms with van der Waals surface area (Å²) in [7, 11) is 0. The molecule has 3 aliphatic rings. The third kappa shape index (κ3) is 4.13. The first-order valence-electron chi connectivity index (χ1n) is 9.96. The van der Waals surface area contributed by atoms with E-state index in [1.165, 1.54) is 11.8 Å². The number of para-hydroxylation sites is 2. The molecule has 0 radical (unpaired) electrons. The Kier molecular flexibility index (Phi) is 6.08. The summed E-state index contributed by atoms with van der Waals surface area (Å²) in [5.41, 5.74) is 1.94.